The van der Waals surface area contributed by atoms with Gasteiger partial charge in [-0.3, -0.25) is 9.59 Å². The van der Waals surface area contributed by atoms with E-state index in [1.54, 1.807) is 48.5 Å². The number of methoxy groups -OCH3 is 2. The molecule has 42 heavy (non-hydrogen) atoms. The molecule has 2 atom stereocenters. The van der Waals surface area contributed by atoms with Crippen molar-refractivity contribution in [2.75, 3.05) is 14.2 Å². The fraction of sp³-hybridized carbons (Fsp3) is 0.176. The van der Waals surface area contributed by atoms with Gasteiger partial charge in [0, 0.05) is 24.0 Å². The Morgan fingerprint density at radius 3 is 1.21 bits per heavy atom. The highest BCUT2D eigenvalue weighted by atomic mass is 16.5. The second-order valence-electron chi connectivity index (χ2n) is 9.57. The number of hydrogen-bond donors (Lipinski definition) is 2. The number of ether oxygens (including phenoxy) is 2. The molecule has 0 radical (unpaired) electrons. The molecular weight excluding hydrogens is 532 g/mol. The van der Waals surface area contributed by atoms with Gasteiger partial charge in [-0.15, -0.1) is 0 Å². The van der Waals surface area contributed by atoms with Gasteiger partial charge in [-0.25, -0.2) is 9.59 Å². The maximum Gasteiger partial charge on any atom is 0.328 e. The molecule has 4 aromatic carbocycles. The van der Waals surface area contributed by atoms with Crippen LogP contribution >= 0.6 is 0 Å². The quantitative estimate of drug-likeness (QED) is 0.262. The minimum absolute atomic E-state index is 0.247. The first-order valence-corrected chi connectivity index (χ1v) is 13.4. The van der Waals surface area contributed by atoms with Crippen molar-refractivity contribution >= 4 is 23.8 Å². The van der Waals surface area contributed by atoms with Crippen LogP contribution in [0.2, 0.25) is 0 Å². The van der Waals surface area contributed by atoms with E-state index in [1.807, 2.05) is 60.7 Å². The average molecular weight is 565 g/mol. The third kappa shape index (κ3) is 7.48. The topological polar surface area (TPSA) is 111 Å². The molecule has 0 spiro atoms. The van der Waals surface area contributed by atoms with Gasteiger partial charge in [-0.1, -0.05) is 97.1 Å². The normalized spacial score (nSPS) is 12.0. The SMILES string of the molecule is COC(=O)[C@H](Cc1ccccc1)NC(=O)c1ccccc1-c1ccccc1C(=O)N[C@H](Cc1ccccc1)C(=O)OC. The molecule has 8 heteroatoms. The molecule has 4 aromatic rings. The van der Waals surface area contributed by atoms with Gasteiger partial charge < -0.3 is 20.1 Å². The molecule has 2 amide bonds. The van der Waals surface area contributed by atoms with E-state index in [0.717, 1.165) is 11.1 Å². The zero-order chi connectivity index (χ0) is 29.9. The van der Waals surface area contributed by atoms with Crippen molar-refractivity contribution in [1.29, 1.82) is 0 Å². The van der Waals surface area contributed by atoms with E-state index in [-0.39, 0.29) is 24.0 Å². The average Bonchev–Trinajstić information content (AvgIpc) is 3.04. The molecule has 4 rings (SSSR count). The Bertz CT molecular complexity index is 1420. The largest absolute Gasteiger partial charge is 0.467 e. The second kappa shape index (κ2) is 14.4. The number of benzene rings is 4. The van der Waals surface area contributed by atoms with Gasteiger partial charge in [0.1, 0.15) is 12.1 Å². The highest BCUT2D eigenvalue weighted by molar-refractivity contribution is 6.07. The predicted molar refractivity (Wildman–Crippen MR) is 159 cm³/mol. The van der Waals surface area contributed by atoms with E-state index in [0.29, 0.717) is 11.1 Å². The van der Waals surface area contributed by atoms with Crippen molar-refractivity contribution in [3.63, 3.8) is 0 Å². The highest BCUT2D eigenvalue weighted by Crippen LogP contribution is 2.28. The summed E-state index contributed by atoms with van der Waals surface area (Å²) in [7, 11) is 2.54. The Morgan fingerprint density at radius 1 is 0.524 bits per heavy atom. The van der Waals surface area contributed by atoms with E-state index >= 15 is 0 Å². The van der Waals surface area contributed by atoms with E-state index < -0.39 is 35.8 Å². The van der Waals surface area contributed by atoms with Crippen molar-refractivity contribution in [3.8, 4) is 11.1 Å². The molecule has 0 bridgehead atoms. The molecule has 0 aromatic heterocycles. The van der Waals surface area contributed by atoms with Gasteiger partial charge >= 0.3 is 11.9 Å². The van der Waals surface area contributed by atoms with Crippen LogP contribution < -0.4 is 10.6 Å². The first-order chi connectivity index (χ1) is 20.4. The van der Waals surface area contributed by atoms with Crippen molar-refractivity contribution < 1.29 is 28.7 Å². The standard InChI is InChI=1S/C34H32N2O6/c1-41-33(39)29(21-23-13-5-3-6-14-23)35-31(37)27-19-11-9-17-25(27)26-18-10-12-20-28(26)32(38)36-30(34(40)42-2)22-24-15-7-4-8-16-24/h3-20,29-30H,21-22H2,1-2H3,(H,35,37)(H,36,38)/t29-,30+. The van der Waals surface area contributed by atoms with Crippen molar-refractivity contribution in [2.24, 2.45) is 0 Å². The van der Waals surface area contributed by atoms with Crippen molar-refractivity contribution in [2.45, 2.75) is 24.9 Å². The fourth-order valence-corrected chi connectivity index (χ4v) is 4.67. The number of rotatable bonds is 11. The lowest BCUT2D eigenvalue weighted by atomic mass is 9.94. The minimum atomic E-state index is -0.921. The van der Waals surface area contributed by atoms with Gasteiger partial charge in [0.2, 0.25) is 0 Å². The predicted octanol–water partition coefficient (Wildman–Crippen LogP) is 4.38. The van der Waals surface area contributed by atoms with E-state index in [2.05, 4.69) is 10.6 Å². The number of amides is 2. The maximum atomic E-state index is 13.6. The Kier molecular flexibility index (Phi) is 10.2. The van der Waals surface area contributed by atoms with Crippen LogP contribution in [0.15, 0.2) is 109 Å². The molecule has 0 saturated heterocycles. The summed E-state index contributed by atoms with van der Waals surface area (Å²) in [5.74, 6) is -2.14. The summed E-state index contributed by atoms with van der Waals surface area (Å²) in [4.78, 5) is 52.3. The molecule has 0 aliphatic rings. The zero-order valence-corrected chi connectivity index (χ0v) is 23.4. The van der Waals surface area contributed by atoms with Crippen molar-refractivity contribution in [3.05, 3.63) is 131 Å². The Labute approximate surface area is 244 Å². The summed E-state index contributed by atoms with van der Waals surface area (Å²) in [6.45, 7) is 0. The van der Waals surface area contributed by atoms with Gasteiger partial charge in [0.25, 0.3) is 11.8 Å². The number of hydrogen-bond acceptors (Lipinski definition) is 6. The molecule has 8 nitrogen and oxygen atoms in total. The van der Waals surface area contributed by atoms with Gasteiger partial charge in [0.15, 0.2) is 0 Å². The third-order valence-corrected chi connectivity index (χ3v) is 6.78. The lowest BCUT2D eigenvalue weighted by Crippen LogP contribution is -2.43. The summed E-state index contributed by atoms with van der Waals surface area (Å²) in [6.07, 6.45) is 0.494. The van der Waals surface area contributed by atoms with Crippen LogP contribution in [-0.2, 0) is 31.9 Å². The summed E-state index contributed by atoms with van der Waals surface area (Å²) in [5, 5.41) is 5.60. The Morgan fingerprint density at radius 2 is 0.857 bits per heavy atom. The molecule has 0 unspecified atom stereocenters. The summed E-state index contributed by atoms with van der Waals surface area (Å²) in [6, 6.07) is 30.4. The first-order valence-electron chi connectivity index (χ1n) is 13.4. The maximum absolute atomic E-state index is 13.6. The van der Waals surface area contributed by atoms with Gasteiger partial charge in [0.05, 0.1) is 14.2 Å². The summed E-state index contributed by atoms with van der Waals surface area (Å²) in [5.41, 5.74) is 3.24. The van der Waals surface area contributed by atoms with Crippen LogP contribution in [-0.4, -0.2) is 50.1 Å². The number of carbonyl (C=O) groups excluding carboxylic acids is 4. The Balaban J connectivity index is 1.62. The molecule has 0 aliphatic carbocycles. The molecule has 214 valence electrons. The molecular formula is C34H32N2O6. The van der Waals surface area contributed by atoms with Gasteiger partial charge in [-0.05, 0) is 34.4 Å². The zero-order valence-electron chi connectivity index (χ0n) is 23.4. The smallest absolute Gasteiger partial charge is 0.328 e. The first kappa shape index (κ1) is 29.7. The molecule has 0 aliphatic heterocycles. The summed E-state index contributed by atoms with van der Waals surface area (Å²) >= 11 is 0. The second-order valence-corrected chi connectivity index (χ2v) is 9.57. The van der Waals surface area contributed by atoms with Crippen LogP contribution in [0.25, 0.3) is 11.1 Å². The van der Waals surface area contributed by atoms with Crippen molar-refractivity contribution in [1.82, 2.24) is 10.6 Å². The monoisotopic (exact) mass is 564 g/mol. The highest BCUT2D eigenvalue weighted by Gasteiger charge is 2.27. The lowest BCUT2D eigenvalue weighted by Gasteiger charge is -2.20. The Hall–Kier alpha value is -5.24. The molecule has 2 N–H and O–H groups in total. The van der Waals surface area contributed by atoms with E-state index in [9.17, 15) is 19.2 Å². The van der Waals surface area contributed by atoms with Crippen LogP contribution in [0, 0.1) is 0 Å². The minimum Gasteiger partial charge on any atom is -0.467 e. The molecule has 0 heterocycles. The lowest BCUT2D eigenvalue weighted by molar-refractivity contribution is -0.143. The summed E-state index contributed by atoms with van der Waals surface area (Å²) < 4.78 is 9.90. The van der Waals surface area contributed by atoms with Crippen LogP contribution in [0.1, 0.15) is 31.8 Å². The number of carbonyl (C=O) groups is 4. The third-order valence-electron chi connectivity index (χ3n) is 6.78. The molecule has 0 saturated carbocycles. The van der Waals surface area contributed by atoms with Crippen LogP contribution in [0.5, 0.6) is 0 Å². The van der Waals surface area contributed by atoms with Crippen LogP contribution in [0.3, 0.4) is 0 Å². The van der Waals surface area contributed by atoms with E-state index in [1.165, 1.54) is 14.2 Å². The number of esters is 2. The number of nitrogens with one attached hydrogen (secondary N) is 2. The van der Waals surface area contributed by atoms with Crippen LogP contribution in [0.4, 0.5) is 0 Å². The van der Waals surface area contributed by atoms with E-state index in [4.69, 9.17) is 9.47 Å². The molecule has 0 fully saturated rings. The fourth-order valence-electron chi connectivity index (χ4n) is 4.67. The van der Waals surface area contributed by atoms with Gasteiger partial charge in [-0.2, -0.15) is 0 Å².